The van der Waals surface area contributed by atoms with Crippen LogP contribution in [0.2, 0.25) is 0 Å². The molecule has 2 nitrogen and oxygen atoms in total. The number of hydrogen-bond acceptors (Lipinski definition) is 2. The van der Waals surface area contributed by atoms with Gasteiger partial charge in [-0.15, -0.1) is 0 Å². The van der Waals surface area contributed by atoms with Crippen molar-refractivity contribution in [1.82, 2.24) is 4.90 Å². The molecule has 244 valence electrons. The maximum absolute atomic E-state index is 7.08. The summed E-state index contributed by atoms with van der Waals surface area (Å²) in [5, 5.41) is 0. The Balaban J connectivity index is 0.980. The van der Waals surface area contributed by atoms with Crippen LogP contribution in [0.4, 0.5) is 0 Å². The van der Waals surface area contributed by atoms with Crippen LogP contribution in [-0.2, 0) is 4.74 Å². The molecule has 2 heterocycles. The second kappa shape index (κ2) is 12.7. The number of nitrogens with zero attached hydrogens (tertiary/aromatic N) is 1. The van der Waals surface area contributed by atoms with E-state index in [0.29, 0.717) is 12.2 Å². The minimum Gasteiger partial charge on any atom is -0.374 e. The van der Waals surface area contributed by atoms with E-state index < -0.39 is 0 Å². The Bertz CT molecular complexity index is 1080. The summed E-state index contributed by atoms with van der Waals surface area (Å²) in [4.78, 5) is 3.13. The van der Waals surface area contributed by atoms with Crippen molar-refractivity contribution in [1.29, 1.82) is 0 Å². The molecule has 44 heavy (non-hydrogen) atoms. The van der Waals surface area contributed by atoms with Gasteiger partial charge in [-0.25, -0.2) is 0 Å². The highest BCUT2D eigenvalue weighted by atomic mass is 16.5. The largest absolute Gasteiger partial charge is 0.374 e. The quantitative estimate of drug-likeness (QED) is 0.319. The predicted octanol–water partition coefficient (Wildman–Crippen LogP) is 11.4. The van der Waals surface area contributed by atoms with E-state index in [0.717, 1.165) is 59.3 Å². The normalized spacial score (nSPS) is 45.4. The average molecular weight is 600 g/mol. The first-order valence-electron chi connectivity index (χ1n) is 20.7. The first-order chi connectivity index (χ1) is 21.8. The average Bonchev–Trinajstić information content (AvgIpc) is 3.64. The lowest BCUT2D eigenvalue weighted by Crippen LogP contribution is -2.44. The second-order valence-electron chi connectivity index (χ2n) is 18.0. The maximum Gasteiger partial charge on any atom is 0.0641 e. The summed E-state index contributed by atoms with van der Waals surface area (Å²) in [6.45, 7) is 0. The fourth-order valence-corrected chi connectivity index (χ4v) is 13.9. The first kappa shape index (κ1) is 29.4. The van der Waals surface area contributed by atoms with Gasteiger partial charge in [-0.3, -0.25) is 0 Å². The summed E-state index contributed by atoms with van der Waals surface area (Å²) in [6, 6.07) is 0.796. The Morgan fingerprint density at radius 3 is 2.14 bits per heavy atom. The van der Waals surface area contributed by atoms with Crippen molar-refractivity contribution < 1.29 is 4.74 Å². The lowest BCUT2D eigenvalue weighted by atomic mass is 9.62. The van der Waals surface area contributed by atoms with Gasteiger partial charge >= 0.3 is 0 Å². The van der Waals surface area contributed by atoms with Gasteiger partial charge in [-0.1, -0.05) is 76.7 Å². The smallest absolute Gasteiger partial charge is 0.0641 e. The Morgan fingerprint density at radius 2 is 1.27 bits per heavy atom. The summed E-state index contributed by atoms with van der Waals surface area (Å²) in [5.74, 6) is 8.29. The van der Waals surface area contributed by atoms with E-state index in [1.54, 1.807) is 0 Å². The van der Waals surface area contributed by atoms with Gasteiger partial charge in [0.15, 0.2) is 0 Å². The molecule has 9 aliphatic rings. The van der Waals surface area contributed by atoms with E-state index in [2.05, 4.69) is 11.0 Å². The highest BCUT2D eigenvalue weighted by Gasteiger charge is 2.53. The van der Waals surface area contributed by atoms with Crippen LogP contribution in [0.15, 0.2) is 23.0 Å². The highest BCUT2D eigenvalue weighted by molar-refractivity contribution is 5.34. The van der Waals surface area contributed by atoms with E-state index in [4.69, 9.17) is 4.74 Å². The third kappa shape index (κ3) is 5.30. The molecule has 0 radical (unpaired) electrons. The number of fused-ring (bicyclic) bond motifs is 5. The lowest BCUT2D eigenvalue weighted by Gasteiger charge is -2.47. The van der Waals surface area contributed by atoms with Crippen LogP contribution < -0.4 is 0 Å². The molecule has 2 aliphatic heterocycles. The third-order valence-corrected chi connectivity index (χ3v) is 15.9. The van der Waals surface area contributed by atoms with Crippen molar-refractivity contribution in [3.8, 4) is 0 Å². The first-order valence-corrected chi connectivity index (χ1v) is 20.7. The molecule has 10 unspecified atom stereocenters. The third-order valence-electron chi connectivity index (χ3n) is 15.9. The Kier molecular flexibility index (Phi) is 8.47. The van der Waals surface area contributed by atoms with Gasteiger partial charge in [0, 0.05) is 23.4 Å². The van der Waals surface area contributed by atoms with Gasteiger partial charge < -0.3 is 9.64 Å². The molecule has 2 heteroatoms. The molecule has 9 rings (SSSR count). The van der Waals surface area contributed by atoms with Crippen LogP contribution >= 0.6 is 0 Å². The molecule has 6 fully saturated rings. The zero-order chi connectivity index (χ0) is 29.0. The van der Waals surface area contributed by atoms with E-state index in [1.807, 2.05) is 17.0 Å². The maximum atomic E-state index is 7.08. The van der Waals surface area contributed by atoms with E-state index in [-0.39, 0.29) is 0 Å². The minimum absolute atomic E-state index is 0.615. The van der Waals surface area contributed by atoms with Crippen LogP contribution in [0.25, 0.3) is 0 Å². The molecule has 10 atom stereocenters. The molecule has 0 bridgehead atoms. The molecule has 0 aromatic heterocycles. The fraction of sp³-hybridized carbons (Fsp3) is 0.905. The number of hydrogen-bond donors (Lipinski definition) is 0. The number of allylic oxidation sites excluding steroid dienone is 3. The zero-order valence-electron chi connectivity index (χ0n) is 28.2. The molecule has 0 aromatic carbocycles. The topological polar surface area (TPSA) is 12.5 Å². The molecular weight excluding hydrogens is 534 g/mol. The molecule has 5 saturated carbocycles. The summed E-state index contributed by atoms with van der Waals surface area (Å²) in [7, 11) is 0. The molecule has 0 N–H and O–H groups in total. The Morgan fingerprint density at radius 1 is 0.545 bits per heavy atom. The monoisotopic (exact) mass is 600 g/mol. The van der Waals surface area contributed by atoms with Crippen LogP contribution in [0, 0.1) is 53.3 Å². The molecule has 0 aromatic rings. The Hall–Kier alpha value is -0.760. The zero-order valence-corrected chi connectivity index (χ0v) is 28.2. The summed E-state index contributed by atoms with van der Waals surface area (Å²) >= 11 is 0. The molecule has 0 amide bonds. The van der Waals surface area contributed by atoms with Crippen LogP contribution in [-0.4, -0.2) is 23.1 Å². The molecule has 7 aliphatic carbocycles. The van der Waals surface area contributed by atoms with Crippen molar-refractivity contribution in [2.24, 2.45) is 53.3 Å². The summed E-state index contributed by atoms with van der Waals surface area (Å²) in [5.41, 5.74) is 5.69. The van der Waals surface area contributed by atoms with Gasteiger partial charge in [-0.2, -0.15) is 0 Å². The minimum atomic E-state index is 0.615. The molecule has 1 saturated heterocycles. The van der Waals surface area contributed by atoms with Crippen LogP contribution in [0.5, 0.6) is 0 Å². The van der Waals surface area contributed by atoms with Gasteiger partial charge in [0.2, 0.25) is 0 Å². The van der Waals surface area contributed by atoms with Gasteiger partial charge in [0.25, 0.3) is 0 Å². The molecular formula is C42H65NO. The van der Waals surface area contributed by atoms with E-state index in [1.165, 1.54) is 167 Å². The summed E-state index contributed by atoms with van der Waals surface area (Å²) < 4.78 is 7.08. The van der Waals surface area contributed by atoms with E-state index >= 15 is 0 Å². The predicted molar refractivity (Wildman–Crippen MR) is 181 cm³/mol. The van der Waals surface area contributed by atoms with Gasteiger partial charge in [0.1, 0.15) is 0 Å². The van der Waals surface area contributed by atoms with Crippen molar-refractivity contribution in [2.45, 2.75) is 185 Å². The fourth-order valence-electron chi connectivity index (χ4n) is 13.9. The highest BCUT2D eigenvalue weighted by Crippen LogP contribution is 2.58. The van der Waals surface area contributed by atoms with Crippen molar-refractivity contribution in [2.75, 3.05) is 0 Å². The summed E-state index contributed by atoms with van der Waals surface area (Å²) in [6.07, 6.45) is 42.5. The Labute approximate surface area is 270 Å². The lowest BCUT2D eigenvalue weighted by molar-refractivity contribution is -0.0514. The second-order valence-corrected chi connectivity index (χ2v) is 18.0. The van der Waals surface area contributed by atoms with Gasteiger partial charge in [-0.05, 0) is 149 Å². The SMILES string of the molecule is C1=C(N2C3=C(CCCC3)C3CC(C4CCCC5C6CCCCC6OC45)CCC32)CC(C2CCCCC2)CC1C1CCCCC1. The van der Waals surface area contributed by atoms with Crippen molar-refractivity contribution in [3.05, 3.63) is 23.0 Å². The number of ether oxygens (including phenoxy) is 1. The molecule has 0 spiro atoms. The standard InChI is InChI=1S/C42H65NO/c1-3-12-28(13-4-1)31-24-32(29-14-5-2-6-15-29)26-33(25-31)43-39-20-9-7-16-35(39)38-27-30(22-23-40(38)43)34-18-11-19-37-36-17-8-10-21-41(36)44-42(34)37/h25,28-32,34,36-38,40-42H,1-24,26-27H2. The van der Waals surface area contributed by atoms with E-state index in [9.17, 15) is 0 Å². The van der Waals surface area contributed by atoms with Crippen LogP contribution in [0.1, 0.15) is 167 Å². The van der Waals surface area contributed by atoms with Crippen molar-refractivity contribution >= 4 is 0 Å². The van der Waals surface area contributed by atoms with Gasteiger partial charge in [0.05, 0.1) is 12.2 Å². The number of rotatable bonds is 4. The van der Waals surface area contributed by atoms with Crippen LogP contribution in [0.3, 0.4) is 0 Å². The van der Waals surface area contributed by atoms with Crippen molar-refractivity contribution in [3.63, 3.8) is 0 Å².